The molecule has 0 bridgehead atoms. The molecular formula is C14H16N2O4S. The molecule has 3 rings (SSSR count). The molecule has 1 aromatic rings. The van der Waals surface area contributed by atoms with Gasteiger partial charge in [0.15, 0.2) is 6.10 Å². The van der Waals surface area contributed by atoms with E-state index in [0.29, 0.717) is 18.0 Å². The van der Waals surface area contributed by atoms with E-state index < -0.39 is 24.0 Å². The minimum Gasteiger partial charge on any atom is -0.448 e. The SMILES string of the molecule is CC(OC(=O)c1cc2c(s1)CCC2)C(=O)N1CCNC1=O. The highest BCUT2D eigenvalue weighted by Crippen LogP contribution is 2.31. The Labute approximate surface area is 126 Å². The highest BCUT2D eigenvalue weighted by Gasteiger charge is 2.32. The number of esters is 1. The van der Waals surface area contributed by atoms with E-state index in [9.17, 15) is 14.4 Å². The molecule has 1 fully saturated rings. The highest BCUT2D eigenvalue weighted by molar-refractivity contribution is 7.14. The molecule has 112 valence electrons. The molecule has 0 spiro atoms. The van der Waals surface area contributed by atoms with Crippen LogP contribution in [0.25, 0.3) is 0 Å². The Kier molecular flexibility index (Phi) is 3.67. The third-order valence-corrected chi connectivity index (χ3v) is 4.92. The fourth-order valence-corrected chi connectivity index (χ4v) is 3.74. The predicted molar refractivity (Wildman–Crippen MR) is 76.3 cm³/mol. The first-order valence-corrected chi connectivity index (χ1v) is 7.79. The minimum absolute atomic E-state index is 0.312. The molecule has 0 radical (unpaired) electrons. The molecule has 6 nitrogen and oxygen atoms in total. The van der Waals surface area contributed by atoms with Crippen LogP contribution in [-0.2, 0) is 22.4 Å². The van der Waals surface area contributed by atoms with Crippen LogP contribution >= 0.6 is 11.3 Å². The Morgan fingerprint density at radius 2 is 2.24 bits per heavy atom. The van der Waals surface area contributed by atoms with Gasteiger partial charge in [0, 0.05) is 18.0 Å². The summed E-state index contributed by atoms with van der Waals surface area (Å²) in [6.45, 7) is 2.24. The number of nitrogens with zero attached hydrogens (tertiary/aromatic N) is 1. The normalized spacial score (nSPS) is 18.3. The molecule has 3 amide bonds. The van der Waals surface area contributed by atoms with Gasteiger partial charge in [-0.2, -0.15) is 0 Å². The van der Waals surface area contributed by atoms with E-state index in [1.54, 1.807) is 0 Å². The summed E-state index contributed by atoms with van der Waals surface area (Å²) >= 11 is 1.44. The Morgan fingerprint density at radius 3 is 2.90 bits per heavy atom. The third-order valence-electron chi connectivity index (χ3n) is 3.70. The number of hydrogen-bond acceptors (Lipinski definition) is 5. The van der Waals surface area contributed by atoms with Crippen LogP contribution in [0, 0.1) is 0 Å². The van der Waals surface area contributed by atoms with E-state index >= 15 is 0 Å². The van der Waals surface area contributed by atoms with Crippen molar-refractivity contribution in [3.05, 3.63) is 21.4 Å². The fourth-order valence-electron chi connectivity index (χ4n) is 2.60. The Morgan fingerprint density at radius 1 is 1.43 bits per heavy atom. The monoisotopic (exact) mass is 308 g/mol. The second-order valence-corrected chi connectivity index (χ2v) is 6.32. The summed E-state index contributed by atoms with van der Waals surface area (Å²) in [7, 11) is 0. The van der Waals surface area contributed by atoms with Gasteiger partial charge in [-0.3, -0.25) is 9.69 Å². The topological polar surface area (TPSA) is 75.7 Å². The lowest BCUT2D eigenvalue weighted by Crippen LogP contribution is -2.41. The van der Waals surface area contributed by atoms with Gasteiger partial charge in [-0.15, -0.1) is 11.3 Å². The number of hydrogen-bond donors (Lipinski definition) is 1. The van der Waals surface area contributed by atoms with Gasteiger partial charge < -0.3 is 10.1 Å². The van der Waals surface area contributed by atoms with Crippen LogP contribution in [0.15, 0.2) is 6.07 Å². The van der Waals surface area contributed by atoms with Gasteiger partial charge in [-0.05, 0) is 37.8 Å². The van der Waals surface area contributed by atoms with E-state index in [0.717, 1.165) is 24.2 Å². The van der Waals surface area contributed by atoms with Crippen molar-refractivity contribution in [1.29, 1.82) is 0 Å². The Bertz CT molecular complexity index is 589. The van der Waals surface area contributed by atoms with Crippen molar-refractivity contribution in [1.82, 2.24) is 10.2 Å². The van der Waals surface area contributed by atoms with Crippen LogP contribution in [0.2, 0.25) is 0 Å². The van der Waals surface area contributed by atoms with Crippen LogP contribution in [0.1, 0.15) is 33.5 Å². The van der Waals surface area contributed by atoms with E-state index in [4.69, 9.17) is 4.74 Å². The Hall–Kier alpha value is -1.89. The lowest BCUT2D eigenvalue weighted by molar-refractivity contribution is -0.135. The molecule has 1 aromatic heterocycles. The average Bonchev–Trinajstić information content (AvgIpc) is 3.12. The Balaban J connectivity index is 1.63. The molecule has 1 aliphatic heterocycles. The van der Waals surface area contributed by atoms with Crippen molar-refractivity contribution in [3.8, 4) is 0 Å². The zero-order chi connectivity index (χ0) is 15.0. The maximum Gasteiger partial charge on any atom is 0.349 e. The molecule has 21 heavy (non-hydrogen) atoms. The second kappa shape index (κ2) is 5.48. The lowest BCUT2D eigenvalue weighted by atomic mass is 10.2. The number of carbonyl (C=O) groups is 3. The zero-order valence-electron chi connectivity index (χ0n) is 11.7. The first kappa shape index (κ1) is 14.1. The predicted octanol–water partition coefficient (Wildman–Crippen LogP) is 1.33. The highest BCUT2D eigenvalue weighted by atomic mass is 32.1. The van der Waals surface area contributed by atoms with E-state index in [-0.39, 0.29) is 0 Å². The molecular weight excluding hydrogens is 292 g/mol. The molecule has 2 heterocycles. The van der Waals surface area contributed by atoms with Gasteiger partial charge in [0.1, 0.15) is 4.88 Å². The number of amides is 3. The number of fused-ring (bicyclic) bond motifs is 1. The number of imide groups is 1. The molecule has 1 atom stereocenters. The van der Waals surface area contributed by atoms with E-state index in [1.807, 2.05) is 6.07 Å². The number of rotatable bonds is 3. The number of ether oxygens (including phenoxy) is 1. The third kappa shape index (κ3) is 2.65. The van der Waals surface area contributed by atoms with Crippen LogP contribution in [-0.4, -0.2) is 42.0 Å². The summed E-state index contributed by atoms with van der Waals surface area (Å²) in [5.74, 6) is -0.975. The largest absolute Gasteiger partial charge is 0.448 e. The maximum atomic E-state index is 12.1. The smallest absolute Gasteiger partial charge is 0.349 e. The molecule has 7 heteroatoms. The van der Waals surface area contributed by atoms with Crippen molar-refractivity contribution in [2.75, 3.05) is 13.1 Å². The van der Waals surface area contributed by atoms with Crippen molar-refractivity contribution in [2.24, 2.45) is 0 Å². The van der Waals surface area contributed by atoms with Gasteiger partial charge in [-0.25, -0.2) is 9.59 Å². The van der Waals surface area contributed by atoms with E-state index in [2.05, 4.69) is 5.32 Å². The van der Waals surface area contributed by atoms with Gasteiger partial charge in [0.05, 0.1) is 0 Å². The van der Waals surface area contributed by atoms with E-state index in [1.165, 1.54) is 28.7 Å². The zero-order valence-corrected chi connectivity index (χ0v) is 12.5. The molecule has 0 aromatic carbocycles. The molecule has 1 N–H and O–H groups in total. The lowest BCUT2D eigenvalue weighted by Gasteiger charge is -2.17. The average molecular weight is 308 g/mol. The van der Waals surface area contributed by atoms with Crippen molar-refractivity contribution in [2.45, 2.75) is 32.3 Å². The van der Waals surface area contributed by atoms with Crippen LogP contribution in [0.4, 0.5) is 4.79 Å². The number of nitrogens with one attached hydrogen (secondary N) is 1. The van der Waals surface area contributed by atoms with Crippen LogP contribution < -0.4 is 5.32 Å². The minimum atomic E-state index is -0.960. The number of urea groups is 1. The maximum absolute atomic E-state index is 12.1. The number of carbonyl (C=O) groups excluding carboxylic acids is 3. The van der Waals surface area contributed by atoms with Crippen molar-refractivity contribution in [3.63, 3.8) is 0 Å². The first-order chi connectivity index (χ1) is 10.1. The second-order valence-electron chi connectivity index (χ2n) is 5.18. The summed E-state index contributed by atoms with van der Waals surface area (Å²) < 4.78 is 5.20. The van der Waals surface area contributed by atoms with Crippen LogP contribution in [0.3, 0.4) is 0 Å². The summed E-state index contributed by atoms with van der Waals surface area (Å²) in [4.78, 5) is 38.4. The van der Waals surface area contributed by atoms with Gasteiger partial charge >= 0.3 is 12.0 Å². The quantitative estimate of drug-likeness (QED) is 0.855. The van der Waals surface area contributed by atoms with Gasteiger partial charge in [0.2, 0.25) is 0 Å². The van der Waals surface area contributed by atoms with Gasteiger partial charge in [0.25, 0.3) is 5.91 Å². The molecule has 0 saturated carbocycles. The summed E-state index contributed by atoms with van der Waals surface area (Å²) in [6, 6.07) is 1.42. The number of thiophene rings is 1. The summed E-state index contributed by atoms with van der Waals surface area (Å²) in [5.41, 5.74) is 1.21. The van der Waals surface area contributed by atoms with Crippen molar-refractivity contribution < 1.29 is 19.1 Å². The molecule has 2 aliphatic rings. The first-order valence-electron chi connectivity index (χ1n) is 6.98. The fraction of sp³-hybridized carbons (Fsp3) is 0.500. The number of aryl methyl sites for hydroxylation is 2. The van der Waals surface area contributed by atoms with Crippen LogP contribution in [0.5, 0.6) is 0 Å². The van der Waals surface area contributed by atoms with Crippen molar-refractivity contribution >= 4 is 29.2 Å². The molecule has 1 aliphatic carbocycles. The summed E-state index contributed by atoms with van der Waals surface area (Å²) in [5, 5.41) is 2.54. The molecule has 1 saturated heterocycles. The molecule has 1 unspecified atom stereocenters. The standard InChI is InChI=1S/C14H16N2O4S/c1-8(12(17)16-6-5-15-14(16)19)20-13(18)11-7-9-3-2-4-10(9)21-11/h7-8H,2-6H2,1H3,(H,15,19). The van der Waals surface area contributed by atoms with Gasteiger partial charge in [-0.1, -0.05) is 0 Å². The summed E-state index contributed by atoms with van der Waals surface area (Å²) in [6.07, 6.45) is 2.19.